The second-order valence-corrected chi connectivity index (χ2v) is 8.38. The number of anilines is 3. The van der Waals surface area contributed by atoms with Crippen molar-refractivity contribution in [2.75, 3.05) is 75.7 Å². The molecule has 2 aromatic rings. The number of nitrogens with one attached hydrogen (secondary N) is 1. The van der Waals surface area contributed by atoms with Gasteiger partial charge in [0.15, 0.2) is 11.6 Å². The van der Waals surface area contributed by atoms with Crippen LogP contribution in [0.5, 0.6) is 0 Å². The predicted octanol–water partition coefficient (Wildman–Crippen LogP) is -0.0967. The van der Waals surface area contributed by atoms with E-state index in [2.05, 4.69) is 25.3 Å². The fraction of sp³-hybridized carbons (Fsp3) is 0.571. The summed E-state index contributed by atoms with van der Waals surface area (Å²) in [4.78, 5) is 32.7. The van der Waals surface area contributed by atoms with Crippen LogP contribution < -0.4 is 16.0 Å². The van der Waals surface area contributed by atoms with Crippen LogP contribution in [0.2, 0.25) is 0 Å². The molecule has 4 heterocycles. The fourth-order valence-electron chi connectivity index (χ4n) is 4.16. The van der Waals surface area contributed by atoms with Gasteiger partial charge < -0.3 is 35.4 Å². The number of amides is 1. The van der Waals surface area contributed by atoms with Crippen molar-refractivity contribution in [3.63, 3.8) is 0 Å². The molecule has 2 saturated heterocycles. The summed E-state index contributed by atoms with van der Waals surface area (Å²) in [5.41, 5.74) is 4.95. The van der Waals surface area contributed by atoms with Crippen molar-refractivity contribution in [1.29, 1.82) is 0 Å². The molecule has 2 aliphatic rings. The minimum atomic E-state index is -0.978. The number of methoxy groups -OCH3 is 1. The van der Waals surface area contributed by atoms with Crippen LogP contribution in [0.25, 0.3) is 11.3 Å². The molecule has 34 heavy (non-hydrogen) atoms. The predicted molar refractivity (Wildman–Crippen MR) is 122 cm³/mol. The highest BCUT2D eigenvalue weighted by Crippen LogP contribution is 2.31. The Morgan fingerprint density at radius 3 is 2.71 bits per heavy atom. The van der Waals surface area contributed by atoms with Crippen LogP contribution in [-0.2, 0) is 14.3 Å². The van der Waals surface area contributed by atoms with Gasteiger partial charge in [-0.25, -0.2) is 19.3 Å². The Balaban J connectivity index is 1.71. The molecule has 0 aromatic carbocycles. The fourth-order valence-corrected chi connectivity index (χ4v) is 4.16. The molecule has 0 saturated carbocycles. The highest BCUT2D eigenvalue weighted by molar-refractivity contribution is 5.77. The number of aromatic nitrogens is 4. The van der Waals surface area contributed by atoms with E-state index in [0.29, 0.717) is 57.2 Å². The van der Waals surface area contributed by atoms with Gasteiger partial charge in [-0.15, -0.1) is 0 Å². The lowest BCUT2D eigenvalue weighted by Gasteiger charge is -2.42. The van der Waals surface area contributed by atoms with E-state index in [1.54, 1.807) is 4.90 Å². The highest BCUT2D eigenvalue weighted by atomic mass is 19.1. The van der Waals surface area contributed by atoms with Gasteiger partial charge in [0.1, 0.15) is 12.3 Å². The first kappa shape index (κ1) is 24.0. The maximum absolute atomic E-state index is 15.7. The number of nitrogen functional groups attached to an aromatic ring is 1. The Morgan fingerprint density at radius 1 is 1.29 bits per heavy atom. The normalized spacial score (nSPS) is 20.9. The number of hydrogen-bond donors (Lipinski definition) is 3. The third-order valence-electron chi connectivity index (χ3n) is 5.96. The quantitative estimate of drug-likeness (QED) is 0.491. The summed E-state index contributed by atoms with van der Waals surface area (Å²) in [6.45, 7) is 2.43. The summed E-state index contributed by atoms with van der Waals surface area (Å²) in [6, 6.07) is 0. The van der Waals surface area contributed by atoms with E-state index in [9.17, 15) is 9.90 Å². The van der Waals surface area contributed by atoms with E-state index in [4.69, 9.17) is 15.2 Å². The number of rotatable bonds is 7. The van der Waals surface area contributed by atoms with Crippen molar-refractivity contribution in [2.24, 2.45) is 0 Å². The number of morpholine rings is 1. The molecule has 12 nitrogen and oxygen atoms in total. The monoisotopic (exact) mass is 476 g/mol. The Kier molecular flexibility index (Phi) is 7.34. The molecule has 0 aliphatic carbocycles. The molecule has 1 amide bonds. The van der Waals surface area contributed by atoms with Crippen LogP contribution in [0.3, 0.4) is 0 Å². The number of piperidine rings is 1. The van der Waals surface area contributed by atoms with Crippen molar-refractivity contribution in [2.45, 2.75) is 18.4 Å². The van der Waals surface area contributed by atoms with Gasteiger partial charge in [0.05, 0.1) is 25.4 Å². The molecule has 0 unspecified atom stereocenters. The molecular formula is C21H29FN8O4. The molecule has 2 fully saturated rings. The lowest BCUT2D eigenvalue weighted by molar-refractivity contribution is -0.137. The average Bonchev–Trinajstić information content (AvgIpc) is 2.87. The molecule has 0 spiro atoms. The number of likely N-dealkylation sites (tertiary alicyclic amines) is 1. The zero-order valence-electron chi connectivity index (χ0n) is 19.0. The number of aliphatic hydroxyl groups excluding tert-OH is 1. The summed E-state index contributed by atoms with van der Waals surface area (Å²) >= 11 is 0. The molecule has 1 atom stereocenters. The van der Waals surface area contributed by atoms with E-state index in [0.717, 1.165) is 0 Å². The smallest absolute Gasteiger partial charge is 0.248 e. The lowest BCUT2D eigenvalue weighted by atomic mass is 9.89. The van der Waals surface area contributed by atoms with Crippen LogP contribution in [0.15, 0.2) is 12.4 Å². The van der Waals surface area contributed by atoms with Crippen LogP contribution in [0.1, 0.15) is 12.8 Å². The number of nitrogens with two attached hydrogens (primary N) is 1. The second-order valence-electron chi connectivity index (χ2n) is 8.38. The number of carbonyl (C=O) groups excluding carboxylic acids is 1. The summed E-state index contributed by atoms with van der Waals surface area (Å²) in [7, 11) is 1.45. The van der Waals surface area contributed by atoms with E-state index < -0.39 is 11.4 Å². The zero-order valence-corrected chi connectivity index (χ0v) is 19.0. The van der Waals surface area contributed by atoms with E-state index >= 15 is 4.39 Å². The largest absolute Gasteiger partial charge is 0.394 e. The van der Waals surface area contributed by atoms with Crippen LogP contribution in [0.4, 0.5) is 22.1 Å². The van der Waals surface area contributed by atoms with Gasteiger partial charge in [-0.3, -0.25) is 4.79 Å². The minimum absolute atomic E-state index is 0.00945. The molecule has 4 rings (SSSR count). The minimum Gasteiger partial charge on any atom is -0.394 e. The maximum Gasteiger partial charge on any atom is 0.248 e. The topological polar surface area (TPSA) is 152 Å². The van der Waals surface area contributed by atoms with Gasteiger partial charge in [-0.2, -0.15) is 4.98 Å². The number of nitrogens with zero attached hydrogens (tertiary/aromatic N) is 6. The Bertz CT molecular complexity index is 1010. The Labute approximate surface area is 196 Å². The summed E-state index contributed by atoms with van der Waals surface area (Å²) in [5.74, 6) is -0.599. The van der Waals surface area contributed by atoms with Crippen molar-refractivity contribution in [3.8, 4) is 11.3 Å². The summed E-state index contributed by atoms with van der Waals surface area (Å²) in [6.07, 6.45) is 3.95. The van der Waals surface area contributed by atoms with Gasteiger partial charge in [-0.05, 0) is 12.8 Å². The van der Waals surface area contributed by atoms with Gasteiger partial charge in [0.25, 0.3) is 0 Å². The van der Waals surface area contributed by atoms with E-state index in [1.807, 2.05) is 4.90 Å². The maximum atomic E-state index is 15.7. The Morgan fingerprint density at radius 2 is 2.03 bits per heavy atom. The van der Waals surface area contributed by atoms with E-state index in [1.165, 1.54) is 19.5 Å². The number of halogens is 1. The molecule has 184 valence electrons. The molecule has 4 N–H and O–H groups in total. The first-order chi connectivity index (χ1) is 16.4. The van der Waals surface area contributed by atoms with Gasteiger partial charge in [0.2, 0.25) is 17.8 Å². The van der Waals surface area contributed by atoms with Crippen molar-refractivity contribution < 1.29 is 23.8 Å². The molecule has 0 bridgehead atoms. The van der Waals surface area contributed by atoms with Crippen LogP contribution in [0, 0.1) is 5.82 Å². The molecule has 2 aromatic heterocycles. The zero-order chi connectivity index (χ0) is 24.1. The lowest BCUT2D eigenvalue weighted by Crippen LogP contribution is -2.57. The number of aliphatic hydroxyl groups is 1. The molecule has 2 aliphatic heterocycles. The van der Waals surface area contributed by atoms with Gasteiger partial charge in [0, 0.05) is 51.2 Å². The van der Waals surface area contributed by atoms with Crippen LogP contribution in [-0.4, -0.2) is 101 Å². The summed E-state index contributed by atoms with van der Waals surface area (Å²) < 4.78 is 26.1. The number of hydrogen-bond acceptors (Lipinski definition) is 11. The number of carbonyl (C=O) groups is 1. The van der Waals surface area contributed by atoms with Gasteiger partial charge in [-0.1, -0.05) is 0 Å². The summed E-state index contributed by atoms with van der Waals surface area (Å²) in [5, 5.41) is 13.4. The first-order valence-corrected chi connectivity index (χ1v) is 11.1. The molecular weight excluding hydrogens is 447 g/mol. The third-order valence-corrected chi connectivity index (χ3v) is 5.96. The average molecular weight is 477 g/mol. The second kappa shape index (κ2) is 10.4. The van der Waals surface area contributed by atoms with Gasteiger partial charge >= 0.3 is 0 Å². The third kappa shape index (κ3) is 5.16. The van der Waals surface area contributed by atoms with E-state index in [-0.39, 0.29) is 43.1 Å². The molecule has 13 heteroatoms. The SMILES string of the molecule is COCC(=O)N1CCC[C@](CO)(Nc2nc(N3CCOCC3)nc(-c3cnc(N)nc3)c2F)C1. The highest BCUT2D eigenvalue weighted by Gasteiger charge is 2.38. The molecule has 0 radical (unpaired) electrons. The van der Waals surface area contributed by atoms with Crippen molar-refractivity contribution in [1.82, 2.24) is 24.8 Å². The number of ether oxygens (including phenoxy) is 2. The first-order valence-electron chi connectivity index (χ1n) is 11.1. The van der Waals surface area contributed by atoms with Crippen molar-refractivity contribution in [3.05, 3.63) is 18.2 Å². The van der Waals surface area contributed by atoms with Crippen LogP contribution >= 0.6 is 0 Å². The Hall–Kier alpha value is -3.16. The standard InChI is InChI=1S/C21H29FN8O4/c1-33-11-15(32)30-4-2-3-21(12-30,13-31)28-18-16(22)17(14-9-24-19(23)25-10-14)26-20(27-18)29-5-7-34-8-6-29/h9-10,31H,2-8,11-13H2,1H3,(H2,23,24,25)(H,26,27,28)/t21-/m0/s1. The van der Waals surface area contributed by atoms with Crippen molar-refractivity contribution >= 4 is 23.6 Å².